The van der Waals surface area contributed by atoms with Crippen molar-refractivity contribution in [2.75, 3.05) is 0 Å². The molecule has 1 aliphatic carbocycles. The first-order valence-electron chi connectivity index (χ1n) is 4.23. The van der Waals surface area contributed by atoms with Crippen LogP contribution in [0, 0.1) is 12.7 Å². The summed E-state index contributed by atoms with van der Waals surface area (Å²) in [7, 11) is 0. The van der Waals surface area contributed by atoms with E-state index in [-0.39, 0.29) is 11.9 Å². The fourth-order valence-electron chi connectivity index (χ4n) is 1.92. The summed E-state index contributed by atoms with van der Waals surface area (Å²) < 4.78 is 13.2. The molecule has 0 spiro atoms. The zero-order chi connectivity index (χ0) is 8.72. The molecule has 1 aromatic rings. The molecule has 2 N–H and O–H groups in total. The quantitative estimate of drug-likeness (QED) is 0.625. The van der Waals surface area contributed by atoms with Gasteiger partial charge in [0.25, 0.3) is 0 Å². The van der Waals surface area contributed by atoms with Crippen LogP contribution in [-0.4, -0.2) is 0 Å². The highest BCUT2D eigenvalue weighted by atomic mass is 19.1. The van der Waals surface area contributed by atoms with Gasteiger partial charge in [0, 0.05) is 11.6 Å². The third kappa shape index (κ3) is 0.950. The molecule has 0 saturated heterocycles. The maximum Gasteiger partial charge on any atom is 0.128 e. The molecule has 12 heavy (non-hydrogen) atoms. The second-order valence-electron chi connectivity index (χ2n) is 3.40. The van der Waals surface area contributed by atoms with Crippen LogP contribution in [0.3, 0.4) is 0 Å². The first-order valence-corrected chi connectivity index (χ1v) is 4.23. The number of rotatable bonds is 0. The lowest BCUT2D eigenvalue weighted by Gasteiger charge is -2.07. The van der Waals surface area contributed by atoms with Gasteiger partial charge in [-0.3, -0.25) is 0 Å². The Morgan fingerprint density at radius 1 is 1.50 bits per heavy atom. The Hall–Kier alpha value is -0.890. The van der Waals surface area contributed by atoms with Gasteiger partial charge in [0.2, 0.25) is 0 Å². The Morgan fingerprint density at radius 2 is 2.25 bits per heavy atom. The maximum atomic E-state index is 13.2. The van der Waals surface area contributed by atoms with Crippen LogP contribution in [-0.2, 0) is 6.42 Å². The van der Waals surface area contributed by atoms with Crippen molar-refractivity contribution in [3.8, 4) is 0 Å². The molecule has 0 saturated carbocycles. The Labute approximate surface area is 71.4 Å². The van der Waals surface area contributed by atoms with E-state index in [0.717, 1.165) is 24.0 Å². The summed E-state index contributed by atoms with van der Waals surface area (Å²) in [5.74, 6) is -0.138. The summed E-state index contributed by atoms with van der Waals surface area (Å²) in [6.45, 7) is 2.01. The van der Waals surface area contributed by atoms with E-state index in [0.29, 0.717) is 0 Å². The van der Waals surface area contributed by atoms with E-state index in [4.69, 9.17) is 5.73 Å². The fourth-order valence-corrected chi connectivity index (χ4v) is 1.92. The molecule has 0 amide bonds. The summed E-state index contributed by atoms with van der Waals surface area (Å²) in [4.78, 5) is 0. The van der Waals surface area contributed by atoms with E-state index in [1.807, 2.05) is 13.0 Å². The van der Waals surface area contributed by atoms with Gasteiger partial charge in [-0.1, -0.05) is 6.07 Å². The highest BCUT2D eigenvalue weighted by molar-refractivity contribution is 5.40. The van der Waals surface area contributed by atoms with Crippen molar-refractivity contribution in [2.24, 2.45) is 5.73 Å². The number of aryl methyl sites for hydroxylation is 1. The van der Waals surface area contributed by atoms with Crippen molar-refractivity contribution in [3.63, 3.8) is 0 Å². The predicted molar refractivity (Wildman–Crippen MR) is 46.4 cm³/mol. The number of nitrogens with two attached hydrogens (primary N) is 1. The number of fused-ring (bicyclic) bond motifs is 1. The lowest BCUT2D eigenvalue weighted by atomic mass is 10.0. The summed E-state index contributed by atoms with van der Waals surface area (Å²) in [6, 6.07) is 3.26. The second-order valence-corrected chi connectivity index (χ2v) is 3.40. The van der Waals surface area contributed by atoms with Crippen molar-refractivity contribution in [1.29, 1.82) is 0 Å². The highest BCUT2D eigenvalue weighted by Gasteiger charge is 2.23. The van der Waals surface area contributed by atoms with Crippen molar-refractivity contribution in [3.05, 3.63) is 34.6 Å². The zero-order valence-corrected chi connectivity index (χ0v) is 7.10. The minimum Gasteiger partial charge on any atom is -0.324 e. The Bertz CT molecular complexity index is 320. The molecule has 1 aliphatic rings. The summed E-state index contributed by atoms with van der Waals surface area (Å²) in [5, 5.41) is 0. The van der Waals surface area contributed by atoms with Crippen LogP contribution in [0.4, 0.5) is 4.39 Å². The minimum atomic E-state index is -0.138. The highest BCUT2D eigenvalue weighted by Crippen LogP contribution is 2.33. The Balaban J connectivity index is 2.64. The van der Waals surface area contributed by atoms with Gasteiger partial charge in [0.1, 0.15) is 5.82 Å². The van der Waals surface area contributed by atoms with Crippen LogP contribution in [0.5, 0.6) is 0 Å². The van der Waals surface area contributed by atoms with Crippen LogP contribution in [0.15, 0.2) is 12.1 Å². The molecule has 1 atom stereocenters. The molecule has 1 nitrogen and oxygen atoms in total. The van der Waals surface area contributed by atoms with E-state index < -0.39 is 0 Å². The molecular formula is C10H12FN. The number of hydrogen-bond acceptors (Lipinski definition) is 1. The number of halogens is 1. The minimum absolute atomic E-state index is 0.0834. The molecule has 0 aliphatic heterocycles. The van der Waals surface area contributed by atoms with Crippen LogP contribution in [0.1, 0.15) is 29.2 Å². The normalized spacial score (nSPS) is 21.1. The second kappa shape index (κ2) is 2.56. The van der Waals surface area contributed by atoms with Gasteiger partial charge in [0.15, 0.2) is 0 Å². The standard InChI is InChI=1S/C10H12FN/c1-6-2-4-8(11)10-7(6)3-5-9(10)12/h2,4,9H,3,5,12H2,1H3/t9-/m0/s1. The number of hydrogen-bond donors (Lipinski definition) is 1. The average Bonchev–Trinajstić information content (AvgIpc) is 2.42. The monoisotopic (exact) mass is 165 g/mol. The molecule has 0 bridgehead atoms. The maximum absolute atomic E-state index is 13.2. The summed E-state index contributed by atoms with van der Waals surface area (Å²) >= 11 is 0. The SMILES string of the molecule is Cc1ccc(F)c2c1CC[C@@H]2N. The Morgan fingerprint density at radius 3 is 2.92 bits per heavy atom. The largest absolute Gasteiger partial charge is 0.324 e. The van der Waals surface area contributed by atoms with Crippen molar-refractivity contribution < 1.29 is 4.39 Å². The third-order valence-electron chi connectivity index (χ3n) is 2.61. The Kier molecular flexibility index (Phi) is 1.65. The van der Waals surface area contributed by atoms with E-state index in [2.05, 4.69) is 0 Å². The van der Waals surface area contributed by atoms with E-state index in [9.17, 15) is 4.39 Å². The van der Waals surface area contributed by atoms with Gasteiger partial charge in [-0.2, -0.15) is 0 Å². The first-order chi connectivity index (χ1) is 5.70. The molecule has 0 unspecified atom stereocenters. The lowest BCUT2D eigenvalue weighted by molar-refractivity contribution is 0.588. The van der Waals surface area contributed by atoms with Crippen LogP contribution < -0.4 is 5.73 Å². The molecule has 0 fully saturated rings. The van der Waals surface area contributed by atoms with Gasteiger partial charge in [0.05, 0.1) is 0 Å². The van der Waals surface area contributed by atoms with Crippen molar-refractivity contribution in [2.45, 2.75) is 25.8 Å². The lowest BCUT2D eigenvalue weighted by Crippen LogP contribution is -2.07. The smallest absolute Gasteiger partial charge is 0.128 e. The molecular weight excluding hydrogens is 153 g/mol. The summed E-state index contributed by atoms with van der Waals surface area (Å²) in [5.41, 5.74) is 8.81. The van der Waals surface area contributed by atoms with E-state index >= 15 is 0 Å². The molecule has 0 radical (unpaired) electrons. The van der Waals surface area contributed by atoms with Crippen LogP contribution >= 0.6 is 0 Å². The third-order valence-corrected chi connectivity index (χ3v) is 2.61. The fraction of sp³-hybridized carbons (Fsp3) is 0.400. The molecule has 64 valence electrons. The van der Waals surface area contributed by atoms with Crippen LogP contribution in [0.2, 0.25) is 0 Å². The molecule has 2 heteroatoms. The van der Waals surface area contributed by atoms with E-state index in [1.54, 1.807) is 0 Å². The number of benzene rings is 1. The molecule has 1 aromatic carbocycles. The zero-order valence-electron chi connectivity index (χ0n) is 7.10. The summed E-state index contributed by atoms with van der Waals surface area (Å²) in [6.07, 6.45) is 1.82. The van der Waals surface area contributed by atoms with Gasteiger partial charge in [-0.25, -0.2) is 4.39 Å². The molecule has 2 rings (SSSR count). The van der Waals surface area contributed by atoms with Gasteiger partial charge in [-0.05, 0) is 37.0 Å². The van der Waals surface area contributed by atoms with Gasteiger partial charge < -0.3 is 5.73 Å². The first kappa shape index (κ1) is 7.74. The topological polar surface area (TPSA) is 26.0 Å². The van der Waals surface area contributed by atoms with Crippen molar-refractivity contribution >= 4 is 0 Å². The van der Waals surface area contributed by atoms with Crippen molar-refractivity contribution in [1.82, 2.24) is 0 Å². The van der Waals surface area contributed by atoms with Crippen LogP contribution in [0.25, 0.3) is 0 Å². The van der Waals surface area contributed by atoms with Gasteiger partial charge >= 0.3 is 0 Å². The predicted octanol–water partition coefficient (Wildman–Crippen LogP) is 2.08. The van der Waals surface area contributed by atoms with E-state index in [1.165, 1.54) is 11.6 Å². The molecule has 0 heterocycles. The van der Waals surface area contributed by atoms with Gasteiger partial charge in [-0.15, -0.1) is 0 Å². The average molecular weight is 165 g/mol. The molecule has 0 aromatic heterocycles.